The van der Waals surface area contributed by atoms with E-state index in [1.165, 1.54) is 5.56 Å². The first-order chi connectivity index (χ1) is 9.47. The summed E-state index contributed by atoms with van der Waals surface area (Å²) in [4.78, 5) is 0. The Morgan fingerprint density at radius 2 is 1.80 bits per heavy atom. The van der Waals surface area contributed by atoms with Gasteiger partial charge in [0.25, 0.3) is 0 Å². The lowest BCUT2D eigenvalue weighted by molar-refractivity contribution is 0.242. The molecule has 0 bridgehead atoms. The smallest absolute Gasteiger partial charge is 0.120 e. The van der Waals surface area contributed by atoms with E-state index in [0.29, 0.717) is 12.0 Å². The predicted octanol–water partition coefficient (Wildman–Crippen LogP) is 3.20. The van der Waals surface area contributed by atoms with E-state index in [-0.39, 0.29) is 6.10 Å². The Morgan fingerprint density at radius 1 is 1.05 bits per heavy atom. The molecule has 1 atom stereocenters. The third-order valence-corrected chi connectivity index (χ3v) is 2.93. The van der Waals surface area contributed by atoms with Crippen LogP contribution in [0.3, 0.4) is 0 Å². The van der Waals surface area contributed by atoms with Gasteiger partial charge in [-0.1, -0.05) is 26.0 Å². The fourth-order valence-electron chi connectivity index (χ4n) is 1.95. The zero-order chi connectivity index (χ0) is 15.0. The molecule has 0 spiro atoms. The van der Waals surface area contributed by atoms with Gasteiger partial charge in [0.05, 0.1) is 6.10 Å². The highest BCUT2D eigenvalue weighted by atomic mass is 16.5. The normalized spacial score (nSPS) is 12.9. The molecule has 0 saturated heterocycles. The van der Waals surface area contributed by atoms with Crippen LogP contribution in [-0.4, -0.2) is 25.2 Å². The minimum absolute atomic E-state index is 0.220. The van der Waals surface area contributed by atoms with Crippen molar-refractivity contribution in [2.45, 2.75) is 53.3 Å². The minimum atomic E-state index is 0.220. The molecule has 3 heteroatoms. The molecule has 20 heavy (non-hydrogen) atoms. The zero-order valence-electron chi connectivity index (χ0n) is 13.6. The Morgan fingerprint density at radius 3 is 2.45 bits per heavy atom. The SMILES string of the molecule is CC(C)CNCC(C)NCc1cccc(OC(C)C)c1. The van der Waals surface area contributed by atoms with Crippen LogP contribution in [-0.2, 0) is 6.54 Å². The lowest BCUT2D eigenvalue weighted by atomic mass is 10.2. The minimum Gasteiger partial charge on any atom is -0.491 e. The highest BCUT2D eigenvalue weighted by Crippen LogP contribution is 2.14. The van der Waals surface area contributed by atoms with Crippen LogP contribution < -0.4 is 15.4 Å². The maximum atomic E-state index is 5.71. The van der Waals surface area contributed by atoms with E-state index >= 15 is 0 Å². The molecule has 1 aromatic rings. The molecule has 1 unspecified atom stereocenters. The highest BCUT2D eigenvalue weighted by Gasteiger charge is 2.03. The van der Waals surface area contributed by atoms with E-state index in [9.17, 15) is 0 Å². The van der Waals surface area contributed by atoms with Crippen LogP contribution in [0.5, 0.6) is 5.75 Å². The van der Waals surface area contributed by atoms with Crippen molar-refractivity contribution < 1.29 is 4.74 Å². The summed E-state index contributed by atoms with van der Waals surface area (Å²) in [7, 11) is 0. The van der Waals surface area contributed by atoms with Crippen LogP contribution >= 0.6 is 0 Å². The van der Waals surface area contributed by atoms with Crippen molar-refractivity contribution in [2.75, 3.05) is 13.1 Å². The van der Waals surface area contributed by atoms with Gasteiger partial charge in [0, 0.05) is 19.1 Å². The Balaban J connectivity index is 2.33. The van der Waals surface area contributed by atoms with Gasteiger partial charge >= 0.3 is 0 Å². The van der Waals surface area contributed by atoms with Gasteiger partial charge < -0.3 is 15.4 Å². The number of hydrogen-bond donors (Lipinski definition) is 2. The van der Waals surface area contributed by atoms with Crippen LogP contribution in [0.4, 0.5) is 0 Å². The maximum Gasteiger partial charge on any atom is 0.120 e. The van der Waals surface area contributed by atoms with E-state index < -0.39 is 0 Å². The van der Waals surface area contributed by atoms with Crippen molar-refractivity contribution in [1.29, 1.82) is 0 Å². The maximum absolute atomic E-state index is 5.71. The Bertz CT molecular complexity index is 377. The summed E-state index contributed by atoms with van der Waals surface area (Å²) in [6.07, 6.45) is 0.220. The van der Waals surface area contributed by atoms with Crippen molar-refractivity contribution in [2.24, 2.45) is 5.92 Å². The summed E-state index contributed by atoms with van der Waals surface area (Å²) in [5.41, 5.74) is 1.26. The van der Waals surface area contributed by atoms with Crippen LogP contribution in [0, 0.1) is 5.92 Å². The molecule has 1 rings (SSSR count). The van der Waals surface area contributed by atoms with Gasteiger partial charge in [-0.15, -0.1) is 0 Å². The van der Waals surface area contributed by atoms with Crippen molar-refractivity contribution in [3.8, 4) is 5.75 Å². The van der Waals surface area contributed by atoms with Gasteiger partial charge in [-0.25, -0.2) is 0 Å². The summed E-state index contributed by atoms with van der Waals surface area (Å²) in [6.45, 7) is 13.7. The van der Waals surface area contributed by atoms with Gasteiger partial charge in [-0.3, -0.25) is 0 Å². The largest absolute Gasteiger partial charge is 0.491 e. The summed E-state index contributed by atoms with van der Waals surface area (Å²) < 4.78 is 5.71. The summed E-state index contributed by atoms with van der Waals surface area (Å²) in [6, 6.07) is 8.77. The van der Waals surface area contributed by atoms with Crippen molar-refractivity contribution in [1.82, 2.24) is 10.6 Å². The summed E-state index contributed by atoms with van der Waals surface area (Å²) >= 11 is 0. The monoisotopic (exact) mass is 278 g/mol. The first kappa shape index (κ1) is 17.0. The van der Waals surface area contributed by atoms with Crippen molar-refractivity contribution >= 4 is 0 Å². The molecule has 1 aromatic carbocycles. The number of ether oxygens (including phenoxy) is 1. The van der Waals surface area contributed by atoms with Gasteiger partial charge in [0.2, 0.25) is 0 Å². The van der Waals surface area contributed by atoms with E-state index in [1.807, 2.05) is 19.9 Å². The van der Waals surface area contributed by atoms with Crippen molar-refractivity contribution in [3.05, 3.63) is 29.8 Å². The highest BCUT2D eigenvalue weighted by molar-refractivity contribution is 5.28. The molecule has 0 saturated carbocycles. The average molecular weight is 278 g/mol. The predicted molar refractivity (Wildman–Crippen MR) is 86.2 cm³/mol. The van der Waals surface area contributed by atoms with Crippen LogP contribution in [0.25, 0.3) is 0 Å². The number of hydrogen-bond acceptors (Lipinski definition) is 3. The second kappa shape index (κ2) is 8.98. The molecule has 3 nitrogen and oxygen atoms in total. The van der Waals surface area contributed by atoms with Crippen LogP contribution in [0.15, 0.2) is 24.3 Å². The Labute approximate surface area is 124 Å². The molecule has 0 fully saturated rings. The molecule has 0 aromatic heterocycles. The van der Waals surface area contributed by atoms with E-state index in [2.05, 4.69) is 49.6 Å². The third kappa shape index (κ3) is 7.51. The quantitative estimate of drug-likeness (QED) is 0.728. The average Bonchev–Trinajstić information content (AvgIpc) is 2.35. The molecule has 0 heterocycles. The molecule has 114 valence electrons. The van der Waals surface area contributed by atoms with Gasteiger partial charge in [-0.2, -0.15) is 0 Å². The lowest BCUT2D eigenvalue weighted by Gasteiger charge is -2.16. The first-order valence-corrected chi connectivity index (χ1v) is 7.67. The van der Waals surface area contributed by atoms with E-state index in [4.69, 9.17) is 4.74 Å². The summed E-state index contributed by atoms with van der Waals surface area (Å²) in [5, 5.41) is 7.01. The molecule has 0 radical (unpaired) electrons. The van der Waals surface area contributed by atoms with Crippen molar-refractivity contribution in [3.63, 3.8) is 0 Å². The fourth-order valence-corrected chi connectivity index (χ4v) is 1.95. The Kier molecular flexibility index (Phi) is 7.63. The molecule has 0 aliphatic heterocycles. The van der Waals surface area contributed by atoms with Gasteiger partial charge in [0.1, 0.15) is 5.75 Å². The van der Waals surface area contributed by atoms with Crippen LogP contribution in [0.1, 0.15) is 40.2 Å². The first-order valence-electron chi connectivity index (χ1n) is 7.67. The second-order valence-electron chi connectivity index (χ2n) is 6.15. The molecule has 2 N–H and O–H groups in total. The second-order valence-corrected chi connectivity index (χ2v) is 6.15. The number of benzene rings is 1. The van der Waals surface area contributed by atoms with Crippen LogP contribution in [0.2, 0.25) is 0 Å². The number of rotatable bonds is 9. The molecule has 0 amide bonds. The summed E-state index contributed by atoms with van der Waals surface area (Å²) in [5.74, 6) is 1.65. The molecule has 0 aliphatic carbocycles. The van der Waals surface area contributed by atoms with E-state index in [0.717, 1.165) is 25.4 Å². The standard InChI is InChI=1S/C17H30N2O/c1-13(2)10-18-11-15(5)19-12-16-7-6-8-17(9-16)20-14(3)4/h6-9,13-15,18-19H,10-12H2,1-5H3. The van der Waals surface area contributed by atoms with Gasteiger partial charge in [-0.05, 0) is 50.9 Å². The fraction of sp³-hybridized carbons (Fsp3) is 0.647. The molecular weight excluding hydrogens is 248 g/mol. The Hall–Kier alpha value is -1.06. The molecular formula is C17H30N2O. The zero-order valence-corrected chi connectivity index (χ0v) is 13.6. The third-order valence-electron chi connectivity index (χ3n) is 2.93. The molecule has 0 aliphatic rings. The lowest BCUT2D eigenvalue weighted by Crippen LogP contribution is -2.37. The van der Waals surface area contributed by atoms with E-state index in [1.54, 1.807) is 0 Å². The van der Waals surface area contributed by atoms with Gasteiger partial charge in [0.15, 0.2) is 0 Å². The number of nitrogens with one attached hydrogen (secondary N) is 2. The topological polar surface area (TPSA) is 33.3 Å².